The largest absolute Gasteiger partial charge is 0.507 e. The van der Waals surface area contributed by atoms with Crippen molar-refractivity contribution in [2.75, 3.05) is 11.9 Å². The number of aromatic hydroxyl groups is 1. The maximum absolute atomic E-state index is 12.6. The molecule has 0 bridgehead atoms. The molecule has 1 saturated carbocycles. The molecule has 8 nitrogen and oxygen atoms in total. The lowest BCUT2D eigenvalue weighted by Gasteiger charge is -2.21. The van der Waals surface area contributed by atoms with Gasteiger partial charge in [0.25, 0.3) is 5.91 Å². The third kappa shape index (κ3) is 6.05. The number of carboxylic acid groups (broad SMARTS) is 1. The average molecular weight is 481 g/mol. The third-order valence-corrected chi connectivity index (χ3v) is 5.72. The first kappa shape index (κ1) is 23.7. The lowest BCUT2D eigenvalue weighted by Crippen LogP contribution is -2.30. The number of carbonyl (C=O) groups excluding carboxylic acids is 2. The molecule has 2 amide bonds. The summed E-state index contributed by atoms with van der Waals surface area (Å²) < 4.78 is 5.70. The van der Waals surface area contributed by atoms with E-state index in [-0.39, 0.29) is 38.5 Å². The minimum absolute atomic E-state index is 0.00886. The van der Waals surface area contributed by atoms with E-state index in [1.54, 1.807) is 0 Å². The molecule has 1 fully saturated rings. The van der Waals surface area contributed by atoms with Crippen molar-refractivity contribution in [3.63, 3.8) is 0 Å². The van der Waals surface area contributed by atoms with Crippen LogP contribution in [0.15, 0.2) is 30.3 Å². The highest BCUT2D eigenvalue weighted by Gasteiger charge is 2.19. The summed E-state index contributed by atoms with van der Waals surface area (Å²) >= 11 is 12.4. The van der Waals surface area contributed by atoms with Crippen molar-refractivity contribution in [2.24, 2.45) is 5.92 Å². The van der Waals surface area contributed by atoms with Crippen molar-refractivity contribution >= 4 is 46.7 Å². The van der Waals surface area contributed by atoms with E-state index in [1.807, 2.05) is 0 Å². The molecule has 32 heavy (non-hydrogen) atoms. The summed E-state index contributed by atoms with van der Waals surface area (Å²) in [5.41, 5.74) is 0.129. The monoisotopic (exact) mass is 480 g/mol. The lowest BCUT2D eigenvalue weighted by molar-refractivity contribution is -0.147. The quantitative estimate of drug-likeness (QED) is 0.439. The molecule has 0 aliphatic heterocycles. The van der Waals surface area contributed by atoms with E-state index in [9.17, 15) is 19.5 Å². The molecule has 3 rings (SSSR count). The molecule has 10 heteroatoms. The number of anilines is 1. The van der Waals surface area contributed by atoms with Gasteiger partial charge < -0.3 is 25.6 Å². The molecule has 2 aromatic rings. The van der Waals surface area contributed by atoms with Crippen LogP contribution in [0.25, 0.3) is 0 Å². The van der Waals surface area contributed by atoms with Gasteiger partial charge in [-0.05, 0) is 49.1 Å². The van der Waals surface area contributed by atoms with Crippen LogP contribution in [0.4, 0.5) is 5.69 Å². The van der Waals surface area contributed by atoms with Crippen LogP contribution in [0, 0.1) is 5.92 Å². The second-order valence-electron chi connectivity index (χ2n) is 7.52. The molecular weight excluding hydrogens is 459 g/mol. The smallest absolute Gasteiger partial charge is 0.394 e. The number of halogens is 2. The van der Waals surface area contributed by atoms with E-state index < -0.39 is 17.8 Å². The number of benzene rings is 2. The van der Waals surface area contributed by atoms with Gasteiger partial charge >= 0.3 is 11.9 Å². The molecule has 0 unspecified atom stereocenters. The fourth-order valence-electron chi connectivity index (χ4n) is 3.52. The van der Waals surface area contributed by atoms with Crippen molar-refractivity contribution in [3.05, 3.63) is 45.9 Å². The summed E-state index contributed by atoms with van der Waals surface area (Å²) in [4.78, 5) is 34.6. The minimum Gasteiger partial charge on any atom is -0.507 e. The Hall–Kier alpha value is -2.97. The minimum atomic E-state index is -1.66. The highest BCUT2D eigenvalue weighted by atomic mass is 35.5. The summed E-state index contributed by atoms with van der Waals surface area (Å²) in [7, 11) is 0. The van der Waals surface area contributed by atoms with Gasteiger partial charge in [-0.2, -0.15) is 0 Å². The first-order valence-electron chi connectivity index (χ1n) is 10.1. The Kier molecular flexibility index (Phi) is 7.82. The fraction of sp³-hybridized carbons (Fsp3) is 0.318. The molecule has 0 spiro atoms. The van der Waals surface area contributed by atoms with Crippen LogP contribution in [-0.4, -0.2) is 34.5 Å². The number of carboxylic acids is 1. The van der Waals surface area contributed by atoms with E-state index in [2.05, 4.69) is 10.6 Å². The Morgan fingerprint density at radius 3 is 2.31 bits per heavy atom. The number of rotatable bonds is 6. The SMILES string of the molecule is O=C(O)C(=O)Nc1cc(Cl)c(Oc2ccc(O)c(C(=O)NCC3CCCCC3)c2)c(Cl)c1. The molecular formula is C22H22Cl2N2O6. The number of hydrogen-bond donors (Lipinski definition) is 4. The molecule has 0 aromatic heterocycles. The third-order valence-electron chi connectivity index (χ3n) is 5.16. The Morgan fingerprint density at radius 2 is 1.69 bits per heavy atom. The van der Waals surface area contributed by atoms with Gasteiger partial charge in [-0.1, -0.05) is 42.5 Å². The maximum Gasteiger partial charge on any atom is 0.394 e. The second kappa shape index (κ2) is 10.6. The summed E-state index contributed by atoms with van der Waals surface area (Å²) in [6, 6.07) is 6.70. The normalized spacial score (nSPS) is 13.9. The van der Waals surface area contributed by atoms with Gasteiger partial charge in [0.2, 0.25) is 0 Å². The molecule has 1 aliphatic rings. The number of carbonyl (C=O) groups is 3. The average Bonchev–Trinajstić information content (AvgIpc) is 2.76. The zero-order valence-electron chi connectivity index (χ0n) is 17.0. The van der Waals surface area contributed by atoms with E-state index in [1.165, 1.54) is 36.8 Å². The fourth-order valence-corrected chi connectivity index (χ4v) is 4.08. The number of hydrogen-bond acceptors (Lipinski definition) is 5. The zero-order chi connectivity index (χ0) is 23.3. The second-order valence-corrected chi connectivity index (χ2v) is 8.34. The van der Waals surface area contributed by atoms with Gasteiger partial charge in [0, 0.05) is 12.2 Å². The van der Waals surface area contributed by atoms with Crippen molar-refractivity contribution < 1.29 is 29.3 Å². The molecule has 4 N–H and O–H groups in total. The Morgan fingerprint density at radius 1 is 1.03 bits per heavy atom. The summed E-state index contributed by atoms with van der Waals surface area (Å²) in [5, 5.41) is 23.8. The number of nitrogens with one attached hydrogen (secondary N) is 2. The molecule has 0 atom stereocenters. The number of phenols is 1. The summed E-state index contributed by atoms with van der Waals surface area (Å²) in [5.74, 6) is -2.82. The Bertz CT molecular complexity index is 1010. The van der Waals surface area contributed by atoms with Crippen molar-refractivity contribution in [1.82, 2.24) is 5.32 Å². The number of aliphatic carboxylic acids is 1. The highest BCUT2D eigenvalue weighted by molar-refractivity contribution is 6.39. The summed E-state index contributed by atoms with van der Waals surface area (Å²) in [6.45, 7) is 0.546. The number of phenolic OH excluding ortho intramolecular Hbond substituents is 1. The van der Waals surface area contributed by atoms with Crippen LogP contribution in [0.5, 0.6) is 17.2 Å². The highest BCUT2D eigenvalue weighted by Crippen LogP contribution is 2.39. The molecule has 0 radical (unpaired) electrons. The van der Waals surface area contributed by atoms with E-state index in [4.69, 9.17) is 33.0 Å². The van der Waals surface area contributed by atoms with E-state index in [0.717, 1.165) is 25.7 Å². The summed E-state index contributed by atoms with van der Waals surface area (Å²) in [6.07, 6.45) is 5.71. The van der Waals surface area contributed by atoms with Crippen molar-refractivity contribution in [2.45, 2.75) is 32.1 Å². The maximum atomic E-state index is 12.6. The zero-order valence-corrected chi connectivity index (χ0v) is 18.5. The van der Waals surface area contributed by atoms with Crippen LogP contribution < -0.4 is 15.4 Å². The van der Waals surface area contributed by atoms with Gasteiger partial charge in [0.1, 0.15) is 11.5 Å². The van der Waals surface area contributed by atoms with Crippen LogP contribution in [0.1, 0.15) is 42.5 Å². The Balaban J connectivity index is 1.73. The predicted molar refractivity (Wildman–Crippen MR) is 120 cm³/mol. The molecule has 0 heterocycles. The topological polar surface area (TPSA) is 125 Å². The molecule has 2 aromatic carbocycles. The van der Waals surface area contributed by atoms with Crippen molar-refractivity contribution in [1.29, 1.82) is 0 Å². The van der Waals surface area contributed by atoms with E-state index >= 15 is 0 Å². The Labute approximate surface area is 194 Å². The predicted octanol–water partition coefficient (Wildman–Crippen LogP) is 4.82. The van der Waals surface area contributed by atoms with Gasteiger partial charge in [-0.25, -0.2) is 4.79 Å². The van der Waals surface area contributed by atoms with Crippen LogP contribution in [-0.2, 0) is 9.59 Å². The first-order valence-corrected chi connectivity index (χ1v) is 10.8. The number of ether oxygens (including phenoxy) is 1. The lowest BCUT2D eigenvalue weighted by atomic mass is 9.89. The van der Waals surface area contributed by atoms with Gasteiger partial charge in [-0.3, -0.25) is 9.59 Å². The van der Waals surface area contributed by atoms with Crippen LogP contribution >= 0.6 is 23.2 Å². The molecule has 170 valence electrons. The van der Waals surface area contributed by atoms with Crippen molar-refractivity contribution in [3.8, 4) is 17.2 Å². The van der Waals surface area contributed by atoms with Gasteiger partial charge in [0.05, 0.1) is 15.6 Å². The molecule has 1 aliphatic carbocycles. The number of amides is 2. The molecule has 0 saturated heterocycles. The van der Waals surface area contributed by atoms with Gasteiger partial charge in [-0.15, -0.1) is 0 Å². The van der Waals surface area contributed by atoms with Crippen LogP contribution in [0.3, 0.4) is 0 Å². The van der Waals surface area contributed by atoms with Crippen LogP contribution in [0.2, 0.25) is 10.0 Å². The standard InChI is InChI=1S/C22H22Cl2N2O6/c23-16-8-13(26-21(29)22(30)31)9-17(24)19(16)32-14-6-7-18(27)15(10-14)20(28)25-11-12-4-2-1-3-5-12/h6-10,12,27H,1-5,11H2,(H,25,28)(H,26,29)(H,30,31). The van der Waals surface area contributed by atoms with E-state index in [0.29, 0.717) is 12.5 Å². The van der Waals surface area contributed by atoms with Gasteiger partial charge in [0.15, 0.2) is 5.75 Å². The first-order chi connectivity index (χ1) is 15.2.